The SMILES string of the molecule is COc1ccc(C(=O)O)cc1NC(=O)NC1CC2CCC(C1)N2C. The van der Waals surface area contributed by atoms with Crippen LogP contribution in [0.25, 0.3) is 0 Å². The number of benzene rings is 1. The Morgan fingerprint density at radius 1 is 1.25 bits per heavy atom. The lowest BCUT2D eigenvalue weighted by atomic mass is 9.98. The molecule has 2 atom stereocenters. The van der Waals surface area contributed by atoms with Gasteiger partial charge in [0.1, 0.15) is 5.75 Å². The van der Waals surface area contributed by atoms with Crippen LogP contribution in [0.1, 0.15) is 36.0 Å². The predicted molar refractivity (Wildman–Crippen MR) is 89.7 cm³/mol. The maximum absolute atomic E-state index is 12.3. The van der Waals surface area contributed by atoms with E-state index in [-0.39, 0.29) is 17.6 Å². The number of rotatable bonds is 4. The van der Waals surface area contributed by atoms with Crippen molar-refractivity contribution in [2.24, 2.45) is 0 Å². The number of amides is 2. The number of carboxylic acid groups (broad SMARTS) is 1. The Labute approximate surface area is 141 Å². The molecule has 2 fully saturated rings. The van der Waals surface area contributed by atoms with Gasteiger partial charge < -0.3 is 25.4 Å². The fourth-order valence-electron chi connectivity index (χ4n) is 3.81. The number of carbonyl (C=O) groups is 2. The van der Waals surface area contributed by atoms with Gasteiger partial charge in [-0.1, -0.05) is 0 Å². The molecule has 0 aromatic heterocycles. The van der Waals surface area contributed by atoms with Crippen molar-refractivity contribution in [1.29, 1.82) is 0 Å². The quantitative estimate of drug-likeness (QED) is 0.785. The first-order valence-corrected chi connectivity index (χ1v) is 8.18. The minimum atomic E-state index is -1.05. The number of ether oxygens (including phenoxy) is 1. The molecule has 1 aromatic carbocycles. The van der Waals surface area contributed by atoms with Gasteiger partial charge in [0.15, 0.2) is 0 Å². The summed E-state index contributed by atoms with van der Waals surface area (Å²) in [5.41, 5.74) is 0.453. The molecule has 2 aliphatic rings. The molecule has 2 unspecified atom stereocenters. The number of piperidine rings is 1. The number of aromatic carboxylic acids is 1. The zero-order valence-corrected chi connectivity index (χ0v) is 13.9. The zero-order valence-electron chi connectivity index (χ0n) is 13.9. The Morgan fingerprint density at radius 3 is 2.50 bits per heavy atom. The highest BCUT2D eigenvalue weighted by Gasteiger charge is 2.38. The molecule has 0 saturated carbocycles. The van der Waals surface area contributed by atoms with Crippen molar-refractivity contribution in [2.75, 3.05) is 19.5 Å². The smallest absolute Gasteiger partial charge is 0.335 e. The first-order chi connectivity index (χ1) is 11.5. The van der Waals surface area contributed by atoms with E-state index in [9.17, 15) is 9.59 Å². The lowest BCUT2D eigenvalue weighted by Crippen LogP contribution is -2.49. The number of carbonyl (C=O) groups excluding carboxylic acids is 1. The first-order valence-electron chi connectivity index (χ1n) is 8.18. The molecule has 130 valence electrons. The average molecular weight is 333 g/mol. The van der Waals surface area contributed by atoms with Gasteiger partial charge >= 0.3 is 12.0 Å². The van der Waals surface area contributed by atoms with Crippen LogP contribution in [-0.2, 0) is 0 Å². The summed E-state index contributed by atoms with van der Waals surface area (Å²) < 4.78 is 5.19. The molecule has 3 N–H and O–H groups in total. The van der Waals surface area contributed by atoms with Gasteiger partial charge in [0.05, 0.1) is 18.4 Å². The third-order valence-electron chi connectivity index (χ3n) is 5.13. The van der Waals surface area contributed by atoms with Crippen molar-refractivity contribution in [3.05, 3.63) is 23.8 Å². The van der Waals surface area contributed by atoms with E-state index >= 15 is 0 Å². The molecule has 7 heteroatoms. The van der Waals surface area contributed by atoms with E-state index in [1.54, 1.807) is 0 Å². The number of hydrogen-bond acceptors (Lipinski definition) is 4. The maximum atomic E-state index is 12.3. The Balaban J connectivity index is 1.65. The van der Waals surface area contributed by atoms with Crippen molar-refractivity contribution in [3.63, 3.8) is 0 Å². The van der Waals surface area contributed by atoms with Crippen LogP contribution in [0.4, 0.5) is 10.5 Å². The number of carboxylic acids is 1. The van der Waals surface area contributed by atoms with Gasteiger partial charge in [0, 0.05) is 18.1 Å². The Morgan fingerprint density at radius 2 is 1.92 bits per heavy atom. The highest BCUT2D eigenvalue weighted by molar-refractivity contribution is 5.94. The number of urea groups is 1. The van der Waals surface area contributed by atoms with Gasteiger partial charge in [-0.15, -0.1) is 0 Å². The Bertz CT molecular complexity index is 635. The highest BCUT2D eigenvalue weighted by Crippen LogP contribution is 2.34. The third kappa shape index (κ3) is 3.31. The maximum Gasteiger partial charge on any atom is 0.335 e. The van der Waals surface area contributed by atoms with E-state index in [0.717, 1.165) is 12.8 Å². The van der Waals surface area contributed by atoms with Crippen molar-refractivity contribution >= 4 is 17.7 Å². The molecule has 2 heterocycles. The van der Waals surface area contributed by atoms with Crippen molar-refractivity contribution in [3.8, 4) is 5.75 Å². The summed E-state index contributed by atoms with van der Waals surface area (Å²) >= 11 is 0. The summed E-state index contributed by atoms with van der Waals surface area (Å²) in [6.45, 7) is 0. The molecular formula is C17H23N3O4. The van der Waals surface area contributed by atoms with E-state index < -0.39 is 5.97 Å². The molecule has 1 aromatic rings. The molecule has 24 heavy (non-hydrogen) atoms. The van der Waals surface area contributed by atoms with Crippen LogP contribution in [-0.4, -0.2) is 54.3 Å². The van der Waals surface area contributed by atoms with Gasteiger partial charge in [0.2, 0.25) is 0 Å². The zero-order chi connectivity index (χ0) is 17.3. The highest BCUT2D eigenvalue weighted by atomic mass is 16.5. The molecule has 0 aliphatic carbocycles. The number of nitrogens with one attached hydrogen (secondary N) is 2. The summed E-state index contributed by atoms with van der Waals surface area (Å²) in [7, 11) is 3.63. The summed E-state index contributed by atoms with van der Waals surface area (Å²) in [4.78, 5) is 25.8. The minimum Gasteiger partial charge on any atom is -0.495 e. The van der Waals surface area contributed by atoms with Crippen LogP contribution < -0.4 is 15.4 Å². The Kier molecular flexibility index (Phi) is 4.62. The number of fused-ring (bicyclic) bond motifs is 2. The molecule has 7 nitrogen and oxygen atoms in total. The van der Waals surface area contributed by atoms with Gasteiger partial charge in [-0.2, -0.15) is 0 Å². The van der Waals surface area contributed by atoms with E-state index in [1.165, 1.54) is 38.2 Å². The van der Waals surface area contributed by atoms with Crippen molar-refractivity contribution in [2.45, 2.75) is 43.8 Å². The Hall–Kier alpha value is -2.28. The second-order valence-electron chi connectivity index (χ2n) is 6.54. The fraction of sp³-hybridized carbons (Fsp3) is 0.529. The molecule has 2 saturated heterocycles. The average Bonchev–Trinajstić information content (AvgIpc) is 2.76. The largest absolute Gasteiger partial charge is 0.495 e. The van der Waals surface area contributed by atoms with E-state index in [2.05, 4.69) is 22.6 Å². The van der Waals surface area contributed by atoms with Gasteiger partial charge in [-0.3, -0.25) is 0 Å². The molecule has 2 bridgehead atoms. The van der Waals surface area contributed by atoms with Gasteiger partial charge in [-0.05, 0) is 50.9 Å². The number of anilines is 1. The van der Waals surface area contributed by atoms with Crippen LogP contribution in [0.2, 0.25) is 0 Å². The lowest BCUT2D eigenvalue weighted by molar-refractivity contribution is 0.0697. The number of nitrogens with zero attached hydrogens (tertiary/aromatic N) is 1. The summed E-state index contributed by atoms with van der Waals surface area (Å²) in [6, 6.07) is 5.28. The molecular weight excluding hydrogens is 310 g/mol. The van der Waals surface area contributed by atoms with Crippen LogP contribution in [0, 0.1) is 0 Å². The standard InChI is InChI=1S/C17H23N3O4/c1-20-12-4-5-13(20)9-11(8-12)18-17(23)19-14-7-10(16(21)22)3-6-15(14)24-2/h3,6-7,11-13H,4-5,8-9H2,1-2H3,(H,21,22)(H2,18,19,23). The van der Waals surface area contributed by atoms with E-state index in [1.807, 2.05) is 0 Å². The number of methoxy groups -OCH3 is 1. The first kappa shape index (κ1) is 16.6. The topological polar surface area (TPSA) is 90.9 Å². The van der Waals surface area contributed by atoms with Crippen molar-refractivity contribution < 1.29 is 19.4 Å². The number of hydrogen-bond donors (Lipinski definition) is 3. The molecule has 3 rings (SSSR count). The lowest BCUT2D eigenvalue weighted by Gasteiger charge is -2.36. The molecule has 2 aliphatic heterocycles. The van der Waals surface area contributed by atoms with E-state index in [0.29, 0.717) is 23.5 Å². The van der Waals surface area contributed by atoms with Gasteiger partial charge in [-0.25, -0.2) is 9.59 Å². The predicted octanol–water partition coefficient (Wildman–Crippen LogP) is 2.14. The molecule has 0 spiro atoms. The van der Waals surface area contributed by atoms with Crippen LogP contribution in [0.3, 0.4) is 0 Å². The third-order valence-corrected chi connectivity index (χ3v) is 5.13. The monoisotopic (exact) mass is 333 g/mol. The fourth-order valence-corrected chi connectivity index (χ4v) is 3.81. The van der Waals surface area contributed by atoms with Crippen LogP contribution in [0.15, 0.2) is 18.2 Å². The van der Waals surface area contributed by atoms with Crippen LogP contribution >= 0.6 is 0 Å². The normalized spacial score (nSPS) is 26.0. The molecule has 0 radical (unpaired) electrons. The van der Waals surface area contributed by atoms with Gasteiger partial charge in [0.25, 0.3) is 0 Å². The van der Waals surface area contributed by atoms with E-state index in [4.69, 9.17) is 9.84 Å². The minimum absolute atomic E-state index is 0.100. The summed E-state index contributed by atoms with van der Waals surface area (Å²) in [5, 5.41) is 14.8. The second kappa shape index (κ2) is 6.68. The van der Waals surface area contributed by atoms with Crippen LogP contribution in [0.5, 0.6) is 5.75 Å². The summed E-state index contributed by atoms with van der Waals surface area (Å²) in [5.74, 6) is -0.619. The van der Waals surface area contributed by atoms with Crippen molar-refractivity contribution in [1.82, 2.24) is 10.2 Å². The second-order valence-corrected chi connectivity index (χ2v) is 6.54. The molecule has 2 amide bonds. The summed E-state index contributed by atoms with van der Waals surface area (Å²) in [6.07, 6.45) is 4.28.